The quantitative estimate of drug-likeness (QED) is 0.589. The summed E-state index contributed by atoms with van der Waals surface area (Å²) >= 11 is 0. The van der Waals surface area contributed by atoms with Gasteiger partial charge in [0.1, 0.15) is 12.2 Å². The molecule has 0 unspecified atom stereocenters. The van der Waals surface area contributed by atoms with Crippen molar-refractivity contribution in [1.82, 2.24) is 14.8 Å². The van der Waals surface area contributed by atoms with Crippen molar-refractivity contribution in [3.05, 3.63) is 76.9 Å². The Bertz CT molecular complexity index is 1120. The van der Waals surface area contributed by atoms with Gasteiger partial charge in [0, 0.05) is 23.9 Å². The number of hydrogen-bond donors (Lipinski definition) is 0. The van der Waals surface area contributed by atoms with Crippen LogP contribution >= 0.6 is 0 Å². The molecular formula is C20H15F5N4O. The van der Waals surface area contributed by atoms with Crippen molar-refractivity contribution in [3.63, 3.8) is 0 Å². The highest BCUT2D eigenvalue weighted by Gasteiger charge is 2.40. The van der Waals surface area contributed by atoms with Gasteiger partial charge in [-0.15, -0.1) is 10.2 Å². The van der Waals surface area contributed by atoms with Gasteiger partial charge in [-0.3, -0.25) is 4.79 Å². The molecule has 0 saturated heterocycles. The van der Waals surface area contributed by atoms with Crippen molar-refractivity contribution < 1.29 is 26.7 Å². The van der Waals surface area contributed by atoms with E-state index < -0.39 is 30.0 Å². The highest BCUT2D eigenvalue weighted by molar-refractivity contribution is 6.10. The Labute approximate surface area is 167 Å². The van der Waals surface area contributed by atoms with Crippen LogP contribution < -0.4 is 4.90 Å². The Morgan fingerprint density at radius 3 is 2.47 bits per heavy atom. The average Bonchev–Trinajstić information content (AvgIpc) is 3.24. The highest BCUT2D eigenvalue weighted by atomic mass is 19.4. The number of halogens is 5. The fourth-order valence-electron chi connectivity index (χ4n) is 3.48. The van der Waals surface area contributed by atoms with E-state index in [1.807, 2.05) is 0 Å². The lowest BCUT2D eigenvalue weighted by atomic mass is 10.0. The first-order valence-electron chi connectivity index (χ1n) is 8.90. The molecule has 4 rings (SSSR count). The Kier molecular flexibility index (Phi) is 4.59. The van der Waals surface area contributed by atoms with Crippen LogP contribution in [0.2, 0.25) is 0 Å². The second-order valence-electron chi connectivity index (χ2n) is 7.01. The van der Waals surface area contributed by atoms with Gasteiger partial charge in [-0.1, -0.05) is 18.2 Å². The Balaban J connectivity index is 1.66. The molecule has 1 aliphatic heterocycles. The van der Waals surface area contributed by atoms with E-state index in [1.165, 1.54) is 35.2 Å². The summed E-state index contributed by atoms with van der Waals surface area (Å²) in [6.45, 7) is -0.345. The van der Waals surface area contributed by atoms with Crippen LogP contribution in [0.5, 0.6) is 0 Å². The van der Waals surface area contributed by atoms with Gasteiger partial charge in [-0.2, -0.15) is 13.2 Å². The fourth-order valence-corrected chi connectivity index (χ4v) is 3.48. The molecule has 2 heterocycles. The molecule has 1 aromatic heterocycles. The molecule has 2 aromatic carbocycles. The van der Waals surface area contributed by atoms with Crippen LogP contribution in [0, 0.1) is 0 Å². The Morgan fingerprint density at radius 1 is 1.07 bits per heavy atom. The normalized spacial score (nSPS) is 14.3. The predicted molar refractivity (Wildman–Crippen MR) is 97.0 cm³/mol. The minimum absolute atomic E-state index is 0.0740. The van der Waals surface area contributed by atoms with Gasteiger partial charge in [0.15, 0.2) is 0 Å². The van der Waals surface area contributed by atoms with Crippen molar-refractivity contribution in [1.29, 1.82) is 0 Å². The summed E-state index contributed by atoms with van der Waals surface area (Å²) in [4.78, 5) is 13.8. The zero-order chi connectivity index (χ0) is 21.7. The van der Waals surface area contributed by atoms with Crippen molar-refractivity contribution in [2.45, 2.75) is 25.1 Å². The first-order valence-corrected chi connectivity index (χ1v) is 8.90. The minimum atomic E-state index is -4.62. The van der Waals surface area contributed by atoms with Crippen molar-refractivity contribution in [2.24, 2.45) is 7.05 Å². The highest BCUT2D eigenvalue weighted by Crippen LogP contribution is 2.39. The summed E-state index contributed by atoms with van der Waals surface area (Å²) < 4.78 is 70.9. The van der Waals surface area contributed by atoms with Gasteiger partial charge >= 0.3 is 6.18 Å². The van der Waals surface area contributed by atoms with Crippen LogP contribution in [0.1, 0.15) is 32.9 Å². The fraction of sp³-hybridized carbons (Fsp3) is 0.250. The molecule has 5 nitrogen and oxygen atoms in total. The molecule has 0 fully saturated rings. The van der Waals surface area contributed by atoms with E-state index in [0.29, 0.717) is 0 Å². The van der Waals surface area contributed by atoms with E-state index in [2.05, 4.69) is 10.2 Å². The van der Waals surface area contributed by atoms with Crippen LogP contribution in [0.15, 0.2) is 48.8 Å². The van der Waals surface area contributed by atoms with Gasteiger partial charge in [0.25, 0.3) is 11.8 Å². The van der Waals surface area contributed by atoms with Crippen molar-refractivity contribution in [3.8, 4) is 0 Å². The molecule has 0 saturated carbocycles. The summed E-state index contributed by atoms with van der Waals surface area (Å²) in [5, 5.41) is 7.24. The summed E-state index contributed by atoms with van der Waals surface area (Å²) in [6, 6.07) is 8.45. The standard InChI is InChI=1S/C20H15F5N4O/c1-28-11-26-27-17(28)9-19(21,22)12-4-2-5-13(8-12)29-10-15-14(18(29)30)6-3-7-16(15)20(23,24)25/h2-8,11H,9-10H2,1H3. The summed E-state index contributed by atoms with van der Waals surface area (Å²) in [5.41, 5.74) is -1.42. The van der Waals surface area contributed by atoms with E-state index in [0.717, 1.165) is 23.1 Å². The largest absolute Gasteiger partial charge is 0.416 e. The Morgan fingerprint density at radius 2 is 1.80 bits per heavy atom. The number of alkyl halides is 5. The molecule has 10 heteroatoms. The molecular weight excluding hydrogens is 407 g/mol. The maximum Gasteiger partial charge on any atom is 0.416 e. The van der Waals surface area contributed by atoms with Gasteiger partial charge in [0.05, 0.1) is 18.5 Å². The van der Waals surface area contributed by atoms with E-state index in [1.54, 1.807) is 7.05 Å². The number of carbonyl (C=O) groups excluding carboxylic acids is 1. The van der Waals surface area contributed by atoms with Crippen molar-refractivity contribution in [2.75, 3.05) is 4.90 Å². The second kappa shape index (κ2) is 6.89. The molecule has 1 amide bonds. The lowest BCUT2D eigenvalue weighted by Gasteiger charge is -2.21. The third-order valence-corrected chi connectivity index (χ3v) is 5.04. The number of amides is 1. The van der Waals surface area contributed by atoms with E-state index in [-0.39, 0.29) is 34.7 Å². The number of benzene rings is 2. The predicted octanol–water partition coefficient (Wildman–Crippen LogP) is 4.33. The van der Waals surface area contributed by atoms with E-state index in [4.69, 9.17) is 0 Å². The number of aromatic nitrogens is 3. The SMILES string of the molecule is Cn1cnnc1CC(F)(F)c1cccc(N2Cc3c(cccc3C(F)(F)F)C2=O)c1. The molecule has 0 bridgehead atoms. The monoisotopic (exact) mass is 422 g/mol. The van der Waals surface area contributed by atoms with Gasteiger partial charge < -0.3 is 9.47 Å². The van der Waals surface area contributed by atoms with E-state index >= 15 is 0 Å². The molecule has 30 heavy (non-hydrogen) atoms. The van der Waals surface area contributed by atoms with Gasteiger partial charge in [0.2, 0.25) is 0 Å². The van der Waals surface area contributed by atoms with Gasteiger partial charge in [-0.05, 0) is 29.8 Å². The minimum Gasteiger partial charge on any atom is -0.321 e. The van der Waals surface area contributed by atoms with Crippen LogP contribution in [0.3, 0.4) is 0 Å². The van der Waals surface area contributed by atoms with Crippen LogP contribution in [0.4, 0.5) is 27.6 Å². The first-order chi connectivity index (χ1) is 14.1. The van der Waals surface area contributed by atoms with Crippen LogP contribution in [-0.2, 0) is 32.1 Å². The molecule has 156 valence electrons. The molecule has 1 aliphatic rings. The lowest BCUT2D eigenvalue weighted by Crippen LogP contribution is -2.24. The lowest BCUT2D eigenvalue weighted by molar-refractivity contribution is -0.138. The zero-order valence-electron chi connectivity index (χ0n) is 15.6. The smallest absolute Gasteiger partial charge is 0.321 e. The van der Waals surface area contributed by atoms with Gasteiger partial charge in [-0.25, -0.2) is 8.78 Å². The maximum absolute atomic E-state index is 14.8. The Hall–Kier alpha value is -3.30. The number of hydrogen-bond acceptors (Lipinski definition) is 3. The number of carbonyl (C=O) groups is 1. The number of fused-ring (bicyclic) bond motifs is 1. The maximum atomic E-state index is 14.8. The second-order valence-corrected chi connectivity index (χ2v) is 7.01. The zero-order valence-corrected chi connectivity index (χ0v) is 15.6. The number of aryl methyl sites for hydroxylation is 1. The van der Waals surface area contributed by atoms with Crippen molar-refractivity contribution >= 4 is 11.6 Å². The summed E-state index contributed by atoms with van der Waals surface area (Å²) in [6.07, 6.45) is -4.02. The number of nitrogens with zero attached hydrogens (tertiary/aromatic N) is 4. The third-order valence-electron chi connectivity index (χ3n) is 5.04. The summed E-state index contributed by atoms with van der Waals surface area (Å²) in [5.74, 6) is -3.90. The molecule has 0 radical (unpaired) electrons. The molecule has 0 aliphatic carbocycles. The molecule has 3 aromatic rings. The van der Waals surface area contributed by atoms with Crippen LogP contribution in [0.25, 0.3) is 0 Å². The molecule has 0 spiro atoms. The van der Waals surface area contributed by atoms with E-state index in [9.17, 15) is 26.7 Å². The third kappa shape index (κ3) is 3.42. The first kappa shape index (κ1) is 20.0. The summed E-state index contributed by atoms with van der Waals surface area (Å²) in [7, 11) is 1.54. The topological polar surface area (TPSA) is 51.0 Å². The average molecular weight is 422 g/mol. The molecule has 0 atom stereocenters. The van der Waals surface area contributed by atoms with Crippen LogP contribution in [-0.4, -0.2) is 20.7 Å². The molecule has 0 N–H and O–H groups in total. The number of anilines is 1. The number of rotatable bonds is 4.